The first-order chi connectivity index (χ1) is 17.0. The highest BCUT2D eigenvalue weighted by Gasteiger charge is 2.24. The normalized spacial score (nSPS) is 18.6. The van der Waals surface area contributed by atoms with Gasteiger partial charge in [-0.15, -0.1) is 0 Å². The van der Waals surface area contributed by atoms with Crippen LogP contribution in [-0.4, -0.2) is 20.6 Å². The van der Waals surface area contributed by atoms with Gasteiger partial charge in [-0.3, -0.25) is 4.79 Å². The topological polar surface area (TPSA) is 92.9 Å². The minimum atomic E-state index is -0.464. The first-order valence-electron chi connectivity index (χ1n) is 11.6. The molecule has 3 heterocycles. The first-order valence-corrected chi connectivity index (χ1v) is 11.6. The average Bonchev–Trinajstić information content (AvgIpc) is 3.29. The number of aromatic amines is 1. The molecule has 0 radical (unpaired) electrons. The van der Waals surface area contributed by atoms with Crippen LogP contribution in [0.15, 0.2) is 62.7 Å². The summed E-state index contributed by atoms with van der Waals surface area (Å²) in [6.07, 6.45) is 4.52. The fourth-order valence-corrected chi connectivity index (χ4v) is 5.19. The van der Waals surface area contributed by atoms with E-state index in [2.05, 4.69) is 15.3 Å². The second-order valence-electron chi connectivity index (χ2n) is 9.10. The standard InChI is InChI=1S/C26H22F2N4O3/c27-14-2-8-23-19(9-14)25-20(26(34)35-23)11-17(31-25)12-29-16-3-5-18(6-4-16)32-22-10-15(28)1-7-21(22)30-13-24(32)33/h1-2,7-11,13,16,18,29,31H,3-6,12H2. The van der Waals surface area contributed by atoms with Gasteiger partial charge in [-0.1, -0.05) is 0 Å². The number of fused-ring (bicyclic) bond motifs is 4. The van der Waals surface area contributed by atoms with Gasteiger partial charge in [0.2, 0.25) is 0 Å². The van der Waals surface area contributed by atoms with E-state index in [4.69, 9.17) is 4.42 Å². The second kappa shape index (κ2) is 8.42. The lowest BCUT2D eigenvalue weighted by molar-refractivity contribution is 0.290. The van der Waals surface area contributed by atoms with Gasteiger partial charge < -0.3 is 19.3 Å². The van der Waals surface area contributed by atoms with E-state index in [-0.39, 0.29) is 17.6 Å². The summed E-state index contributed by atoms with van der Waals surface area (Å²) in [6.45, 7) is 0.504. The number of rotatable bonds is 4. The van der Waals surface area contributed by atoms with E-state index in [1.807, 2.05) is 0 Å². The summed E-state index contributed by atoms with van der Waals surface area (Å²) in [5.41, 5.74) is 2.14. The number of halogens is 2. The van der Waals surface area contributed by atoms with E-state index < -0.39 is 17.3 Å². The minimum Gasteiger partial charge on any atom is -0.422 e. The predicted molar refractivity (Wildman–Crippen MR) is 128 cm³/mol. The van der Waals surface area contributed by atoms with Crippen LogP contribution in [0.2, 0.25) is 0 Å². The smallest absolute Gasteiger partial charge is 0.345 e. The van der Waals surface area contributed by atoms with Crippen LogP contribution in [0, 0.1) is 11.6 Å². The third kappa shape index (κ3) is 3.91. The molecule has 6 rings (SSSR count). The van der Waals surface area contributed by atoms with Gasteiger partial charge in [0.05, 0.1) is 28.1 Å². The number of hydrogen-bond acceptors (Lipinski definition) is 5. The largest absolute Gasteiger partial charge is 0.422 e. The van der Waals surface area contributed by atoms with Gasteiger partial charge in [-0.25, -0.2) is 18.6 Å². The van der Waals surface area contributed by atoms with Gasteiger partial charge in [0.15, 0.2) is 0 Å². The maximum absolute atomic E-state index is 13.8. The Morgan fingerprint density at radius 1 is 1.00 bits per heavy atom. The molecule has 35 heavy (non-hydrogen) atoms. The number of hydrogen-bond donors (Lipinski definition) is 2. The summed E-state index contributed by atoms with van der Waals surface area (Å²) < 4.78 is 34.6. The van der Waals surface area contributed by atoms with E-state index in [1.54, 1.807) is 16.7 Å². The van der Waals surface area contributed by atoms with E-state index in [9.17, 15) is 18.4 Å². The highest BCUT2D eigenvalue weighted by atomic mass is 19.1. The zero-order valence-electron chi connectivity index (χ0n) is 18.7. The molecule has 3 aromatic heterocycles. The van der Waals surface area contributed by atoms with Gasteiger partial charge in [-0.2, -0.15) is 0 Å². The Labute approximate surface area is 197 Å². The third-order valence-corrected chi connectivity index (χ3v) is 6.90. The Kier molecular flexibility index (Phi) is 5.21. The Bertz CT molecular complexity index is 1700. The first kappa shape index (κ1) is 21.7. The van der Waals surface area contributed by atoms with Crippen LogP contribution < -0.4 is 16.5 Å². The van der Waals surface area contributed by atoms with E-state index >= 15 is 0 Å². The van der Waals surface area contributed by atoms with Crippen LogP contribution in [0.3, 0.4) is 0 Å². The Morgan fingerprint density at radius 3 is 2.60 bits per heavy atom. The molecule has 1 aliphatic rings. The molecule has 178 valence electrons. The molecule has 0 spiro atoms. The van der Waals surface area contributed by atoms with Crippen molar-refractivity contribution >= 4 is 32.9 Å². The number of aromatic nitrogens is 3. The van der Waals surface area contributed by atoms with Crippen LogP contribution in [-0.2, 0) is 6.54 Å². The highest BCUT2D eigenvalue weighted by molar-refractivity contribution is 6.02. The molecule has 2 aromatic carbocycles. The van der Waals surface area contributed by atoms with Gasteiger partial charge in [0.25, 0.3) is 5.56 Å². The van der Waals surface area contributed by atoms with Gasteiger partial charge in [0, 0.05) is 29.7 Å². The van der Waals surface area contributed by atoms with Crippen molar-refractivity contribution in [2.24, 2.45) is 0 Å². The lowest BCUT2D eigenvalue weighted by Gasteiger charge is -2.31. The molecule has 7 nitrogen and oxygen atoms in total. The zero-order chi connectivity index (χ0) is 24.1. The molecule has 9 heteroatoms. The van der Waals surface area contributed by atoms with E-state index in [0.717, 1.165) is 31.4 Å². The van der Waals surface area contributed by atoms with Crippen molar-refractivity contribution in [3.05, 3.63) is 86.8 Å². The maximum atomic E-state index is 13.8. The molecule has 1 aliphatic carbocycles. The average molecular weight is 476 g/mol. The SMILES string of the molecule is O=c1oc2ccc(F)cc2c2[nH]c(CNC3CCC(n4c(=O)cnc5ccc(F)cc54)CC3)cc12. The van der Waals surface area contributed by atoms with Crippen molar-refractivity contribution in [3.8, 4) is 0 Å². The molecule has 0 aliphatic heterocycles. The van der Waals surface area contributed by atoms with Crippen molar-refractivity contribution < 1.29 is 13.2 Å². The molecule has 1 fully saturated rings. The zero-order valence-corrected chi connectivity index (χ0v) is 18.7. The number of nitrogens with zero attached hydrogens (tertiary/aromatic N) is 2. The van der Waals surface area contributed by atoms with Crippen LogP contribution >= 0.6 is 0 Å². The molecule has 0 unspecified atom stereocenters. The summed E-state index contributed by atoms with van der Waals surface area (Å²) in [7, 11) is 0. The van der Waals surface area contributed by atoms with Gasteiger partial charge >= 0.3 is 5.63 Å². The minimum absolute atomic E-state index is 0.0215. The quantitative estimate of drug-likeness (QED) is 0.372. The number of H-pyrrole nitrogens is 1. The summed E-state index contributed by atoms with van der Waals surface area (Å²) in [5, 5.41) is 4.43. The van der Waals surface area contributed by atoms with Gasteiger partial charge in [-0.05, 0) is 68.1 Å². The number of nitrogens with one attached hydrogen (secondary N) is 2. The van der Waals surface area contributed by atoms with Gasteiger partial charge in [0.1, 0.15) is 17.2 Å². The second-order valence-corrected chi connectivity index (χ2v) is 9.10. The van der Waals surface area contributed by atoms with Crippen molar-refractivity contribution in [2.75, 3.05) is 0 Å². The van der Waals surface area contributed by atoms with Crippen molar-refractivity contribution in [2.45, 2.75) is 44.3 Å². The molecule has 5 aromatic rings. The summed E-state index contributed by atoms with van der Waals surface area (Å²) in [4.78, 5) is 32.3. The Balaban J connectivity index is 1.18. The van der Waals surface area contributed by atoms with Crippen molar-refractivity contribution in [1.82, 2.24) is 19.9 Å². The summed E-state index contributed by atoms with van der Waals surface area (Å²) in [5.74, 6) is -0.792. The van der Waals surface area contributed by atoms with Crippen molar-refractivity contribution in [3.63, 3.8) is 0 Å². The molecule has 0 atom stereocenters. The van der Waals surface area contributed by atoms with Crippen LogP contribution in [0.1, 0.15) is 37.4 Å². The van der Waals surface area contributed by atoms with E-state index in [0.29, 0.717) is 39.5 Å². The molecule has 2 N–H and O–H groups in total. The van der Waals surface area contributed by atoms with E-state index in [1.165, 1.54) is 36.5 Å². The maximum Gasteiger partial charge on any atom is 0.345 e. The molecule has 1 saturated carbocycles. The van der Waals surface area contributed by atoms with Crippen molar-refractivity contribution in [1.29, 1.82) is 0 Å². The molecule has 0 amide bonds. The highest BCUT2D eigenvalue weighted by Crippen LogP contribution is 2.30. The lowest BCUT2D eigenvalue weighted by Crippen LogP contribution is -2.35. The number of benzene rings is 2. The monoisotopic (exact) mass is 476 g/mol. The fraction of sp³-hybridized carbons (Fsp3) is 0.269. The summed E-state index contributed by atoms with van der Waals surface area (Å²) >= 11 is 0. The summed E-state index contributed by atoms with van der Waals surface area (Å²) in [6, 6.07) is 10.3. The molecule has 0 bridgehead atoms. The van der Waals surface area contributed by atoms with Crippen LogP contribution in [0.25, 0.3) is 32.9 Å². The molecule has 0 saturated heterocycles. The van der Waals surface area contributed by atoms with Crippen LogP contribution in [0.4, 0.5) is 8.78 Å². The molecular weight excluding hydrogens is 454 g/mol. The fourth-order valence-electron chi connectivity index (χ4n) is 5.19. The Morgan fingerprint density at radius 2 is 1.77 bits per heavy atom. The van der Waals surface area contributed by atoms with Crippen LogP contribution in [0.5, 0.6) is 0 Å². The molecular formula is C26H22F2N4O3. The third-order valence-electron chi connectivity index (χ3n) is 6.90. The predicted octanol–water partition coefficient (Wildman–Crippen LogP) is 4.54. The lowest BCUT2D eigenvalue weighted by atomic mass is 9.90. The Hall–Kier alpha value is -3.85.